The van der Waals surface area contributed by atoms with Crippen LogP contribution in [0.15, 0.2) is 36.4 Å². The SMILES string of the molecule is CCOC(=O)c1ccc2c(c1)C(C)(C)CC(c1cc(N3CCOCC3)ccc1C)N2. The Morgan fingerprint density at radius 2 is 1.97 bits per heavy atom. The molecular formula is C25H32N2O3. The maximum Gasteiger partial charge on any atom is 0.338 e. The van der Waals surface area contributed by atoms with Crippen LogP contribution in [-0.2, 0) is 14.9 Å². The summed E-state index contributed by atoms with van der Waals surface area (Å²) < 4.78 is 10.7. The van der Waals surface area contributed by atoms with Crippen LogP contribution in [0.1, 0.15) is 60.3 Å². The molecule has 2 aliphatic rings. The van der Waals surface area contributed by atoms with Gasteiger partial charge in [0.2, 0.25) is 0 Å². The molecule has 0 radical (unpaired) electrons. The van der Waals surface area contributed by atoms with Gasteiger partial charge in [-0.3, -0.25) is 0 Å². The summed E-state index contributed by atoms with van der Waals surface area (Å²) >= 11 is 0. The van der Waals surface area contributed by atoms with E-state index in [2.05, 4.69) is 49.2 Å². The highest BCUT2D eigenvalue weighted by atomic mass is 16.5. The minimum Gasteiger partial charge on any atom is -0.462 e. The van der Waals surface area contributed by atoms with Gasteiger partial charge in [-0.25, -0.2) is 4.79 Å². The van der Waals surface area contributed by atoms with Crippen molar-refractivity contribution in [3.05, 3.63) is 58.7 Å². The van der Waals surface area contributed by atoms with Crippen LogP contribution >= 0.6 is 0 Å². The van der Waals surface area contributed by atoms with Gasteiger partial charge in [0.1, 0.15) is 0 Å². The van der Waals surface area contributed by atoms with E-state index >= 15 is 0 Å². The number of carbonyl (C=O) groups is 1. The number of hydrogen-bond donors (Lipinski definition) is 1. The number of aryl methyl sites for hydroxylation is 1. The van der Waals surface area contributed by atoms with E-state index in [-0.39, 0.29) is 17.4 Å². The molecule has 0 saturated carbocycles. The minimum atomic E-state index is -0.257. The fraction of sp³-hybridized carbons (Fsp3) is 0.480. The van der Waals surface area contributed by atoms with Gasteiger partial charge in [-0.05, 0) is 72.7 Å². The smallest absolute Gasteiger partial charge is 0.338 e. The average molecular weight is 409 g/mol. The first kappa shape index (κ1) is 20.7. The van der Waals surface area contributed by atoms with Gasteiger partial charge in [0, 0.05) is 24.5 Å². The largest absolute Gasteiger partial charge is 0.462 e. The minimum absolute atomic E-state index is 0.0604. The summed E-state index contributed by atoms with van der Waals surface area (Å²) in [5.41, 5.74) is 6.73. The van der Waals surface area contributed by atoms with E-state index in [0.29, 0.717) is 12.2 Å². The Kier molecular flexibility index (Phi) is 5.74. The van der Waals surface area contributed by atoms with E-state index in [0.717, 1.165) is 38.4 Å². The van der Waals surface area contributed by atoms with E-state index in [1.165, 1.54) is 22.4 Å². The van der Waals surface area contributed by atoms with E-state index in [9.17, 15) is 4.79 Å². The van der Waals surface area contributed by atoms with Crippen LogP contribution in [-0.4, -0.2) is 38.9 Å². The lowest BCUT2D eigenvalue weighted by atomic mass is 9.73. The number of ether oxygens (including phenoxy) is 2. The van der Waals surface area contributed by atoms with E-state index in [1.807, 2.05) is 25.1 Å². The van der Waals surface area contributed by atoms with E-state index < -0.39 is 0 Å². The Balaban J connectivity index is 1.64. The number of esters is 1. The molecule has 5 heteroatoms. The topological polar surface area (TPSA) is 50.8 Å². The van der Waals surface area contributed by atoms with Gasteiger partial charge in [-0.1, -0.05) is 19.9 Å². The second-order valence-electron chi connectivity index (χ2n) is 8.91. The predicted octanol–water partition coefficient (Wildman–Crippen LogP) is 4.84. The number of nitrogens with zero attached hydrogens (tertiary/aromatic N) is 1. The molecule has 160 valence electrons. The quantitative estimate of drug-likeness (QED) is 0.734. The summed E-state index contributed by atoms with van der Waals surface area (Å²) in [6.07, 6.45) is 0.958. The number of fused-ring (bicyclic) bond motifs is 1. The molecule has 0 spiro atoms. The van der Waals surface area contributed by atoms with Crippen molar-refractivity contribution in [1.82, 2.24) is 0 Å². The molecule has 2 aromatic rings. The lowest BCUT2D eigenvalue weighted by molar-refractivity contribution is 0.0526. The summed E-state index contributed by atoms with van der Waals surface area (Å²) in [7, 11) is 0. The number of morpholine rings is 1. The summed E-state index contributed by atoms with van der Waals surface area (Å²) in [5, 5.41) is 3.74. The average Bonchev–Trinajstić information content (AvgIpc) is 2.74. The molecule has 4 rings (SSSR count). The molecule has 2 aliphatic heterocycles. The summed E-state index contributed by atoms with van der Waals surface area (Å²) in [5.74, 6) is -0.257. The maximum absolute atomic E-state index is 12.2. The van der Waals surface area contributed by atoms with Gasteiger partial charge >= 0.3 is 5.97 Å². The molecule has 0 bridgehead atoms. The maximum atomic E-state index is 12.2. The lowest BCUT2D eigenvalue weighted by Gasteiger charge is -2.40. The summed E-state index contributed by atoms with van der Waals surface area (Å²) in [6.45, 7) is 12.4. The van der Waals surface area contributed by atoms with Crippen LogP contribution in [0.4, 0.5) is 11.4 Å². The molecule has 0 amide bonds. The van der Waals surface area contributed by atoms with Crippen LogP contribution in [0.3, 0.4) is 0 Å². The zero-order valence-corrected chi connectivity index (χ0v) is 18.5. The zero-order valence-electron chi connectivity index (χ0n) is 18.5. The number of hydrogen-bond acceptors (Lipinski definition) is 5. The van der Waals surface area contributed by atoms with Gasteiger partial charge in [-0.15, -0.1) is 0 Å². The first-order chi connectivity index (χ1) is 14.4. The van der Waals surface area contributed by atoms with Crippen molar-refractivity contribution < 1.29 is 14.3 Å². The molecule has 1 fully saturated rings. The highest BCUT2D eigenvalue weighted by molar-refractivity contribution is 5.90. The highest BCUT2D eigenvalue weighted by Gasteiger charge is 2.34. The van der Waals surface area contributed by atoms with Gasteiger partial charge in [0.05, 0.1) is 31.4 Å². The third-order valence-electron chi connectivity index (χ3n) is 6.32. The molecule has 1 N–H and O–H groups in total. The van der Waals surface area contributed by atoms with Crippen LogP contribution in [0.25, 0.3) is 0 Å². The number of anilines is 2. The Hall–Kier alpha value is -2.53. The normalized spacial score (nSPS) is 20.3. The highest BCUT2D eigenvalue weighted by Crippen LogP contribution is 2.45. The summed E-state index contributed by atoms with van der Waals surface area (Å²) in [4.78, 5) is 14.6. The fourth-order valence-corrected chi connectivity index (χ4v) is 4.64. The van der Waals surface area contributed by atoms with Crippen molar-refractivity contribution in [2.75, 3.05) is 43.1 Å². The predicted molar refractivity (Wildman–Crippen MR) is 121 cm³/mol. The third-order valence-corrected chi connectivity index (χ3v) is 6.32. The van der Waals surface area contributed by atoms with Crippen molar-refractivity contribution >= 4 is 17.3 Å². The van der Waals surface area contributed by atoms with Gasteiger partial charge in [0.15, 0.2) is 0 Å². The third kappa shape index (κ3) is 4.04. The molecule has 2 heterocycles. The standard InChI is InChI=1S/C25H32N2O3/c1-5-30-24(28)18-7-9-22-21(14-18)25(3,4)16-23(26-22)20-15-19(8-6-17(20)2)27-10-12-29-13-11-27/h6-9,14-15,23,26H,5,10-13,16H2,1-4H3. The molecule has 5 nitrogen and oxygen atoms in total. The van der Waals surface area contributed by atoms with E-state index in [1.54, 1.807) is 0 Å². The van der Waals surface area contributed by atoms with Crippen molar-refractivity contribution in [2.24, 2.45) is 0 Å². The molecule has 2 aromatic carbocycles. The second-order valence-corrected chi connectivity index (χ2v) is 8.91. The first-order valence-corrected chi connectivity index (χ1v) is 10.9. The molecular weight excluding hydrogens is 376 g/mol. The van der Waals surface area contributed by atoms with Crippen molar-refractivity contribution in [3.8, 4) is 0 Å². The molecule has 1 saturated heterocycles. The lowest BCUT2D eigenvalue weighted by Crippen LogP contribution is -2.36. The van der Waals surface area contributed by atoms with Crippen LogP contribution in [0.5, 0.6) is 0 Å². The Morgan fingerprint density at radius 1 is 1.20 bits per heavy atom. The van der Waals surface area contributed by atoms with Crippen LogP contribution in [0, 0.1) is 6.92 Å². The van der Waals surface area contributed by atoms with E-state index in [4.69, 9.17) is 9.47 Å². The molecule has 1 unspecified atom stereocenters. The number of nitrogens with one attached hydrogen (secondary N) is 1. The zero-order chi connectivity index (χ0) is 21.3. The Bertz CT molecular complexity index is 932. The monoisotopic (exact) mass is 408 g/mol. The van der Waals surface area contributed by atoms with Gasteiger partial charge in [-0.2, -0.15) is 0 Å². The van der Waals surface area contributed by atoms with Gasteiger partial charge in [0.25, 0.3) is 0 Å². The second kappa shape index (κ2) is 8.31. The first-order valence-electron chi connectivity index (χ1n) is 10.9. The Labute approximate surface area is 179 Å². The van der Waals surface area contributed by atoms with Gasteiger partial charge < -0.3 is 19.7 Å². The Morgan fingerprint density at radius 3 is 2.70 bits per heavy atom. The van der Waals surface area contributed by atoms with Crippen molar-refractivity contribution in [1.29, 1.82) is 0 Å². The van der Waals surface area contributed by atoms with Crippen molar-refractivity contribution in [2.45, 2.75) is 45.6 Å². The fourth-order valence-electron chi connectivity index (χ4n) is 4.64. The summed E-state index contributed by atoms with van der Waals surface area (Å²) in [6, 6.07) is 12.9. The molecule has 30 heavy (non-hydrogen) atoms. The molecule has 0 aromatic heterocycles. The molecule has 1 atom stereocenters. The number of carbonyl (C=O) groups excluding carboxylic acids is 1. The molecule has 0 aliphatic carbocycles. The number of benzene rings is 2. The van der Waals surface area contributed by atoms with Crippen molar-refractivity contribution in [3.63, 3.8) is 0 Å². The van der Waals surface area contributed by atoms with Crippen LogP contribution in [0.2, 0.25) is 0 Å². The number of rotatable bonds is 4. The van der Waals surface area contributed by atoms with Crippen LogP contribution < -0.4 is 10.2 Å².